The fourth-order valence-corrected chi connectivity index (χ4v) is 8.02. The molecule has 3 saturated carbocycles. The zero-order chi connectivity index (χ0) is 19.4. The molecule has 27 heavy (non-hydrogen) atoms. The lowest BCUT2D eigenvalue weighted by molar-refractivity contribution is -0.142. The van der Waals surface area contributed by atoms with E-state index in [1.807, 2.05) is 6.08 Å². The van der Waals surface area contributed by atoms with E-state index in [9.17, 15) is 9.59 Å². The van der Waals surface area contributed by atoms with Gasteiger partial charge in [0, 0.05) is 12.8 Å². The standard InChI is InChI=1S/C24H36O3/c1-15(13-22(26)27-4)19-7-8-20-18-6-5-16-14-17(25)9-11-23(16,2)21(18)10-12-24(19,20)3/h14-15,18-21H,5-13H2,1-4H3/t15-,18?,19-,20?,21?,23+,24-/m1/s1. The summed E-state index contributed by atoms with van der Waals surface area (Å²) in [6.07, 6.45) is 11.9. The van der Waals surface area contributed by atoms with E-state index in [0.717, 1.165) is 37.0 Å². The van der Waals surface area contributed by atoms with Gasteiger partial charge in [-0.1, -0.05) is 26.3 Å². The van der Waals surface area contributed by atoms with Crippen LogP contribution in [0.25, 0.3) is 0 Å². The normalized spacial score (nSPS) is 44.6. The Hall–Kier alpha value is -1.12. The number of fused-ring (bicyclic) bond motifs is 5. The van der Waals surface area contributed by atoms with Crippen LogP contribution >= 0.6 is 0 Å². The zero-order valence-electron chi connectivity index (χ0n) is 17.6. The molecule has 0 radical (unpaired) electrons. The fourth-order valence-electron chi connectivity index (χ4n) is 8.02. The van der Waals surface area contributed by atoms with Crippen LogP contribution in [0.15, 0.2) is 11.6 Å². The minimum atomic E-state index is -0.0601. The van der Waals surface area contributed by atoms with Crippen molar-refractivity contribution in [3.63, 3.8) is 0 Å². The Morgan fingerprint density at radius 3 is 2.67 bits per heavy atom. The van der Waals surface area contributed by atoms with E-state index in [0.29, 0.717) is 29.5 Å². The van der Waals surface area contributed by atoms with Gasteiger partial charge in [-0.3, -0.25) is 9.59 Å². The number of carbonyl (C=O) groups is 2. The third kappa shape index (κ3) is 2.91. The lowest BCUT2D eigenvalue weighted by Crippen LogP contribution is -2.51. The van der Waals surface area contributed by atoms with E-state index in [1.54, 1.807) is 0 Å². The molecule has 0 aromatic rings. The van der Waals surface area contributed by atoms with E-state index < -0.39 is 0 Å². The second-order valence-electron chi connectivity index (χ2n) is 10.5. The number of ketones is 1. The molecule has 3 nitrogen and oxygen atoms in total. The molecular weight excluding hydrogens is 336 g/mol. The van der Waals surface area contributed by atoms with Gasteiger partial charge in [0.05, 0.1) is 7.11 Å². The summed E-state index contributed by atoms with van der Waals surface area (Å²) in [4.78, 5) is 23.8. The summed E-state index contributed by atoms with van der Waals surface area (Å²) in [6.45, 7) is 7.24. The van der Waals surface area contributed by atoms with Gasteiger partial charge >= 0.3 is 5.97 Å². The van der Waals surface area contributed by atoms with Gasteiger partial charge in [0.15, 0.2) is 5.78 Å². The molecule has 0 aromatic carbocycles. The molecule has 4 aliphatic carbocycles. The van der Waals surface area contributed by atoms with Crippen LogP contribution in [-0.4, -0.2) is 18.9 Å². The van der Waals surface area contributed by atoms with Crippen LogP contribution < -0.4 is 0 Å². The maximum atomic E-state index is 12.0. The van der Waals surface area contributed by atoms with Crippen LogP contribution in [0.3, 0.4) is 0 Å². The van der Waals surface area contributed by atoms with Crippen LogP contribution in [0.5, 0.6) is 0 Å². The fraction of sp³-hybridized carbons (Fsp3) is 0.833. The molecule has 7 atom stereocenters. The molecular formula is C24H36O3. The molecule has 0 heterocycles. The Balaban J connectivity index is 1.56. The van der Waals surface area contributed by atoms with Gasteiger partial charge in [-0.2, -0.15) is 0 Å². The topological polar surface area (TPSA) is 43.4 Å². The molecule has 3 unspecified atom stereocenters. The number of hydrogen-bond acceptors (Lipinski definition) is 3. The average Bonchev–Trinajstić information content (AvgIpc) is 2.99. The highest BCUT2D eigenvalue weighted by Crippen LogP contribution is 2.67. The van der Waals surface area contributed by atoms with Crippen molar-refractivity contribution in [3.8, 4) is 0 Å². The van der Waals surface area contributed by atoms with Crippen molar-refractivity contribution in [2.24, 2.45) is 40.4 Å². The third-order valence-electron chi connectivity index (χ3n) is 9.44. The number of hydrogen-bond donors (Lipinski definition) is 0. The minimum Gasteiger partial charge on any atom is -0.469 e. The van der Waals surface area contributed by atoms with E-state index in [2.05, 4.69) is 20.8 Å². The molecule has 4 aliphatic rings. The lowest BCUT2D eigenvalue weighted by Gasteiger charge is -2.58. The van der Waals surface area contributed by atoms with Gasteiger partial charge < -0.3 is 4.74 Å². The number of methoxy groups -OCH3 is 1. The SMILES string of the molecule is COC(=O)C[C@@H](C)[C@H]1CCC2C3CCC4=CC(=O)CC[C@]4(C)C3CC[C@@]21C. The second-order valence-corrected chi connectivity index (χ2v) is 10.5. The first kappa shape index (κ1) is 19.2. The summed E-state index contributed by atoms with van der Waals surface area (Å²) >= 11 is 0. The van der Waals surface area contributed by atoms with Crippen LogP contribution in [0.4, 0.5) is 0 Å². The van der Waals surface area contributed by atoms with Crippen LogP contribution in [0.1, 0.15) is 78.6 Å². The zero-order valence-corrected chi connectivity index (χ0v) is 17.6. The Kier molecular flexibility index (Phi) is 4.79. The van der Waals surface area contributed by atoms with Crippen molar-refractivity contribution < 1.29 is 14.3 Å². The number of ether oxygens (including phenoxy) is 1. The van der Waals surface area contributed by atoms with Gasteiger partial charge in [-0.05, 0) is 91.4 Å². The Labute approximate surface area is 164 Å². The largest absolute Gasteiger partial charge is 0.469 e. The van der Waals surface area contributed by atoms with Crippen molar-refractivity contribution >= 4 is 11.8 Å². The highest BCUT2D eigenvalue weighted by atomic mass is 16.5. The van der Waals surface area contributed by atoms with Crippen LogP contribution in [0, 0.1) is 40.4 Å². The maximum absolute atomic E-state index is 12.0. The molecule has 3 heteroatoms. The predicted octanol–water partition coefficient (Wildman–Crippen LogP) is 5.33. The second kappa shape index (κ2) is 6.74. The number of esters is 1. The monoisotopic (exact) mass is 372 g/mol. The Bertz CT molecular complexity index is 665. The van der Waals surface area contributed by atoms with Crippen molar-refractivity contribution in [1.29, 1.82) is 0 Å². The minimum absolute atomic E-state index is 0.0601. The molecule has 0 bridgehead atoms. The number of allylic oxidation sites excluding steroid dienone is 1. The summed E-state index contributed by atoms with van der Waals surface area (Å²) in [5, 5.41) is 0. The van der Waals surface area contributed by atoms with Crippen LogP contribution in [0.2, 0.25) is 0 Å². The van der Waals surface area contributed by atoms with Gasteiger partial charge in [-0.15, -0.1) is 0 Å². The van der Waals surface area contributed by atoms with E-state index >= 15 is 0 Å². The molecule has 3 fully saturated rings. The quantitative estimate of drug-likeness (QED) is 0.629. The Morgan fingerprint density at radius 1 is 1.15 bits per heavy atom. The molecule has 0 amide bonds. The van der Waals surface area contributed by atoms with Crippen molar-refractivity contribution in [2.45, 2.75) is 78.6 Å². The third-order valence-corrected chi connectivity index (χ3v) is 9.44. The van der Waals surface area contributed by atoms with Crippen molar-refractivity contribution in [3.05, 3.63) is 11.6 Å². The first-order chi connectivity index (χ1) is 12.8. The molecule has 0 N–H and O–H groups in total. The summed E-state index contributed by atoms with van der Waals surface area (Å²) in [5.74, 6) is 3.67. The summed E-state index contributed by atoms with van der Waals surface area (Å²) in [5.41, 5.74) is 2.09. The Morgan fingerprint density at radius 2 is 1.93 bits per heavy atom. The molecule has 0 spiro atoms. The van der Waals surface area contributed by atoms with E-state index in [1.165, 1.54) is 44.8 Å². The molecule has 150 valence electrons. The predicted molar refractivity (Wildman–Crippen MR) is 106 cm³/mol. The summed E-state index contributed by atoms with van der Waals surface area (Å²) < 4.78 is 4.94. The van der Waals surface area contributed by atoms with Crippen molar-refractivity contribution in [1.82, 2.24) is 0 Å². The van der Waals surface area contributed by atoms with Gasteiger partial charge in [-0.25, -0.2) is 0 Å². The summed E-state index contributed by atoms with van der Waals surface area (Å²) in [7, 11) is 1.50. The molecule has 0 aromatic heterocycles. The van der Waals surface area contributed by atoms with Crippen molar-refractivity contribution in [2.75, 3.05) is 7.11 Å². The maximum Gasteiger partial charge on any atom is 0.305 e. The molecule has 0 aliphatic heterocycles. The number of carbonyl (C=O) groups excluding carboxylic acids is 2. The average molecular weight is 373 g/mol. The highest BCUT2D eigenvalue weighted by Gasteiger charge is 2.59. The van der Waals surface area contributed by atoms with Gasteiger partial charge in [0.2, 0.25) is 0 Å². The van der Waals surface area contributed by atoms with Gasteiger partial charge in [0.1, 0.15) is 0 Å². The molecule has 4 rings (SSSR count). The smallest absolute Gasteiger partial charge is 0.305 e. The van der Waals surface area contributed by atoms with E-state index in [-0.39, 0.29) is 11.4 Å². The summed E-state index contributed by atoms with van der Waals surface area (Å²) in [6, 6.07) is 0. The first-order valence-electron chi connectivity index (χ1n) is 11.1. The van der Waals surface area contributed by atoms with Gasteiger partial charge in [0.25, 0.3) is 0 Å². The number of rotatable bonds is 3. The molecule has 0 saturated heterocycles. The van der Waals surface area contributed by atoms with E-state index in [4.69, 9.17) is 4.74 Å². The lowest BCUT2D eigenvalue weighted by atomic mass is 9.46. The highest BCUT2D eigenvalue weighted by molar-refractivity contribution is 5.91. The first-order valence-corrected chi connectivity index (χ1v) is 11.1. The van der Waals surface area contributed by atoms with Crippen LogP contribution in [-0.2, 0) is 14.3 Å².